The molecule has 0 aliphatic carbocycles. The molecule has 2 atom stereocenters. The molecule has 0 saturated carbocycles. The summed E-state index contributed by atoms with van der Waals surface area (Å²) in [5, 5.41) is 3.19. The molecule has 2 aromatic carbocycles. The lowest BCUT2D eigenvalue weighted by Crippen LogP contribution is -2.35. The van der Waals surface area contributed by atoms with Gasteiger partial charge in [-0.05, 0) is 36.2 Å². The van der Waals surface area contributed by atoms with E-state index in [1.165, 1.54) is 17.8 Å². The maximum absolute atomic E-state index is 13.6. The number of alkyl halides is 3. The molecule has 30 heavy (non-hydrogen) atoms. The summed E-state index contributed by atoms with van der Waals surface area (Å²) in [4.78, 5) is 16.7. The highest BCUT2D eigenvalue weighted by molar-refractivity contribution is 8.14. The number of hydrogen-bond acceptors (Lipinski definition) is 4. The van der Waals surface area contributed by atoms with Gasteiger partial charge in [0.2, 0.25) is 5.91 Å². The molecule has 1 unspecified atom stereocenters. The molecule has 0 aromatic heterocycles. The Morgan fingerprint density at radius 3 is 2.57 bits per heavy atom. The van der Waals surface area contributed by atoms with E-state index in [2.05, 4.69) is 10.3 Å². The largest absolute Gasteiger partial charge is 0.416 e. The van der Waals surface area contributed by atoms with Crippen molar-refractivity contribution in [1.82, 2.24) is 5.32 Å². The first kappa shape index (κ1) is 22.1. The van der Waals surface area contributed by atoms with Gasteiger partial charge >= 0.3 is 6.18 Å². The summed E-state index contributed by atoms with van der Waals surface area (Å²) in [7, 11) is 0. The van der Waals surface area contributed by atoms with Crippen LogP contribution in [0.1, 0.15) is 29.7 Å². The Hall–Kier alpha value is -2.62. The summed E-state index contributed by atoms with van der Waals surface area (Å²) >= 11 is 1.29. The van der Waals surface area contributed by atoms with Crippen LogP contribution < -0.4 is 11.1 Å². The Morgan fingerprint density at radius 2 is 1.93 bits per heavy atom. The number of anilines is 1. The number of nitrogens with zero attached hydrogens (tertiary/aromatic N) is 1. The lowest BCUT2D eigenvalue weighted by molar-refractivity contribution is -0.137. The molecular formula is C20H18F5N3OS. The number of benzene rings is 2. The molecule has 10 heteroatoms. The molecule has 3 rings (SSSR count). The second-order valence-electron chi connectivity index (χ2n) is 6.85. The number of thioether (sulfide) groups is 1. The molecule has 1 amide bonds. The number of rotatable bonds is 5. The van der Waals surface area contributed by atoms with Crippen LogP contribution in [0.15, 0.2) is 41.4 Å². The second kappa shape index (κ2) is 8.63. The zero-order valence-electron chi connectivity index (χ0n) is 15.8. The number of carbonyl (C=O) groups excluding carboxylic acids is 1. The van der Waals surface area contributed by atoms with Gasteiger partial charge in [-0.15, -0.1) is 11.8 Å². The Balaban J connectivity index is 1.65. The molecule has 0 bridgehead atoms. The SMILES string of the molecule is C[C@@H](NC(=O)C1CSC(Cc2cccc(C(F)(F)F)c2)=N1)c1cc(F)c(N)c(F)c1. The van der Waals surface area contributed by atoms with Gasteiger partial charge in [0.25, 0.3) is 0 Å². The number of halogens is 5. The van der Waals surface area contributed by atoms with E-state index in [4.69, 9.17) is 5.73 Å². The van der Waals surface area contributed by atoms with Crippen LogP contribution in [-0.4, -0.2) is 22.7 Å². The van der Waals surface area contributed by atoms with Crippen molar-refractivity contribution in [3.8, 4) is 0 Å². The average Bonchev–Trinajstić information content (AvgIpc) is 3.13. The molecule has 1 heterocycles. The smallest absolute Gasteiger partial charge is 0.394 e. The summed E-state index contributed by atoms with van der Waals surface area (Å²) in [6, 6.07) is 5.63. The molecule has 4 nitrogen and oxygen atoms in total. The fourth-order valence-electron chi connectivity index (χ4n) is 2.93. The van der Waals surface area contributed by atoms with E-state index >= 15 is 0 Å². The second-order valence-corrected chi connectivity index (χ2v) is 7.95. The van der Waals surface area contributed by atoms with Gasteiger partial charge in [0.1, 0.15) is 23.4 Å². The molecule has 1 aliphatic rings. The standard InChI is InChI=1S/C20H18F5N3OS/c1-10(12-7-14(21)18(26)15(22)8-12)27-19(29)16-9-30-17(28-16)6-11-3-2-4-13(5-11)20(23,24)25/h2-5,7-8,10,16H,6,9,26H2,1H3,(H,27,29)/t10-,16?/m1/s1. The number of nitrogens with one attached hydrogen (secondary N) is 1. The van der Waals surface area contributed by atoms with Crippen molar-refractivity contribution in [2.24, 2.45) is 4.99 Å². The third kappa shape index (κ3) is 5.10. The monoisotopic (exact) mass is 443 g/mol. The fourth-order valence-corrected chi connectivity index (χ4v) is 3.98. The predicted molar refractivity (Wildman–Crippen MR) is 106 cm³/mol. The number of nitrogen functional groups attached to an aromatic ring is 1. The first-order valence-electron chi connectivity index (χ1n) is 8.95. The summed E-state index contributed by atoms with van der Waals surface area (Å²) in [6.45, 7) is 1.57. The minimum atomic E-state index is -4.43. The van der Waals surface area contributed by atoms with Crippen molar-refractivity contribution in [1.29, 1.82) is 0 Å². The van der Waals surface area contributed by atoms with Crippen LogP contribution in [-0.2, 0) is 17.4 Å². The molecule has 0 saturated heterocycles. The molecule has 1 aliphatic heterocycles. The van der Waals surface area contributed by atoms with Gasteiger partial charge in [0.15, 0.2) is 0 Å². The average molecular weight is 443 g/mol. The topological polar surface area (TPSA) is 67.5 Å². The van der Waals surface area contributed by atoms with E-state index < -0.39 is 47.1 Å². The lowest BCUT2D eigenvalue weighted by atomic mass is 10.1. The zero-order valence-corrected chi connectivity index (χ0v) is 16.6. The summed E-state index contributed by atoms with van der Waals surface area (Å²) in [5.74, 6) is -1.93. The molecule has 0 radical (unpaired) electrons. The van der Waals surface area contributed by atoms with Gasteiger partial charge < -0.3 is 11.1 Å². The van der Waals surface area contributed by atoms with Crippen molar-refractivity contribution in [3.05, 3.63) is 64.7 Å². The fraction of sp³-hybridized carbons (Fsp3) is 0.300. The van der Waals surface area contributed by atoms with E-state index in [-0.39, 0.29) is 12.0 Å². The molecule has 0 spiro atoms. The van der Waals surface area contributed by atoms with E-state index in [0.29, 0.717) is 16.4 Å². The van der Waals surface area contributed by atoms with Crippen LogP contribution in [0.25, 0.3) is 0 Å². The lowest BCUT2D eigenvalue weighted by Gasteiger charge is -2.17. The highest BCUT2D eigenvalue weighted by Crippen LogP contribution is 2.30. The number of carbonyl (C=O) groups is 1. The van der Waals surface area contributed by atoms with E-state index in [1.807, 2.05) is 0 Å². The van der Waals surface area contributed by atoms with Gasteiger partial charge in [-0.25, -0.2) is 8.78 Å². The van der Waals surface area contributed by atoms with E-state index in [0.717, 1.165) is 24.3 Å². The van der Waals surface area contributed by atoms with Gasteiger partial charge in [-0.2, -0.15) is 13.2 Å². The maximum Gasteiger partial charge on any atom is 0.416 e. The highest BCUT2D eigenvalue weighted by Gasteiger charge is 2.31. The van der Waals surface area contributed by atoms with Crippen molar-refractivity contribution < 1.29 is 26.7 Å². The normalized spacial score (nSPS) is 17.5. The zero-order chi connectivity index (χ0) is 22.1. The summed E-state index contributed by atoms with van der Waals surface area (Å²) in [6.07, 6.45) is -4.25. The summed E-state index contributed by atoms with van der Waals surface area (Å²) < 4.78 is 65.8. The van der Waals surface area contributed by atoms with Gasteiger partial charge in [0.05, 0.1) is 16.6 Å². The van der Waals surface area contributed by atoms with Gasteiger partial charge in [-0.1, -0.05) is 18.2 Å². The molecule has 160 valence electrons. The van der Waals surface area contributed by atoms with Gasteiger partial charge in [-0.3, -0.25) is 9.79 Å². The number of amides is 1. The van der Waals surface area contributed by atoms with E-state index in [1.54, 1.807) is 13.0 Å². The van der Waals surface area contributed by atoms with Crippen LogP contribution in [0, 0.1) is 11.6 Å². The molecular weight excluding hydrogens is 425 g/mol. The highest BCUT2D eigenvalue weighted by atomic mass is 32.2. The quantitative estimate of drug-likeness (QED) is 0.528. The third-order valence-corrected chi connectivity index (χ3v) is 5.65. The van der Waals surface area contributed by atoms with Crippen molar-refractivity contribution in [3.63, 3.8) is 0 Å². The predicted octanol–water partition coefficient (Wildman–Crippen LogP) is 4.50. The number of aliphatic imine (C=N–C) groups is 1. The minimum Gasteiger partial charge on any atom is -0.394 e. The Labute approximate surface area is 173 Å². The Morgan fingerprint density at radius 1 is 1.27 bits per heavy atom. The van der Waals surface area contributed by atoms with E-state index in [9.17, 15) is 26.7 Å². The summed E-state index contributed by atoms with van der Waals surface area (Å²) in [5.41, 5.74) is 4.57. The van der Waals surface area contributed by atoms with Crippen LogP contribution in [0.5, 0.6) is 0 Å². The van der Waals surface area contributed by atoms with Crippen molar-refractivity contribution >= 4 is 28.4 Å². The first-order chi connectivity index (χ1) is 14.0. The third-order valence-electron chi connectivity index (χ3n) is 4.58. The van der Waals surface area contributed by atoms with Crippen LogP contribution in [0.4, 0.5) is 27.6 Å². The molecule has 0 fully saturated rings. The number of nitrogens with two attached hydrogens (primary N) is 1. The number of hydrogen-bond donors (Lipinski definition) is 2. The molecule has 2 aromatic rings. The van der Waals surface area contributed by atoms with Crippen LogP contribution in [0.3, 0.4) is 0 Å². The van der Waals surface area contributed by atoms with Crippen molar-refractivity contribution in [2.45, 2.75) is 31.6 Å². The Bertz CT molecular complexity index is 970. The van der Waals surface area contributed by atoms with Crippen molar-refractivity contribution in [2.75, 3.05) is 11.5 Å². The minimum absolute atomic E-state index is 0.183. The first-order valence-corrected chi connectivity index (χ1v) is 9.93. The Kier molecular flexibility index (Phi) is 6.35. The van der Waals surface area contributed by atoms with Gasteiger partial charge in [0, 0.05) is 12.2 Å². The van der Waals surface area contributed by atoms with Crippen LogP contribution >= 0.6 is 11.8 Å². The van der Waals surface area contributed by atoms with Crippen LogP contribution in [0.2, 0.25) is 0 Å². The molecule has 3 N–H and O–H groups in total. The maximum atomic E-state index is 13.6.